The molecule has 3 aromatic carbocycles. The number of benzene rings is 3. The molecule has 3 heteroatoms. The maximum absolute atomic E-state index is 5.84. The monoisotopic (exact) mass is 300 g/mol. The van der Waals surface area contributed by atoms with Crippen molar-refractivity contribution >= 4 is 16.8 Å². The average Bonchev–Trinajstić information content (AvgIpc) is 2.99. The fraction of sp³-hybridized carbons (Fsp3) is 0.0500. The number of aryl methyl sites for hydroxylation is 1. The van der Waals surface area contributed by atoms with Crippen LogP contribution < -0.4 is 5.73 Å². The minimum absolute atomic E-state index is 0.648. The number of fused-ring (bicyclic) bond motifs is 1. The molecule has 4 rings (SSSR count). The number of oxazole rings is 1. The van der Waals surface area contributed by atoms with E-state index in [4.69, 9.17) is 10.2 Å². The van der Waals surface area contributed by atoms with Gasteiger partial charge in [0.25, 0.3) is 0 Å². The van der Waals surface area contributed by atoms with Crippen LogP contribution >= 0.6 is 0 Å². The van der Waals surface area contributed by atoms with Gasteiger partial charge in [-0.3, -0.25) is 0 Å². The molecular weight excluding hydrogens is 284 g/mol. The molecule has 0 aliphatic rings. The first-order valence-electron chi connectivity index (χ1n) is 7.52. The van der Waals surface area contributed by atoms with E-state index in [0.717, 1.165) is 33.5 Å². The summed E-state index contributed by atoms with van der Waals surface area (Å²) in [6, 6.07) is 22.1. The standard InChI is InChI=1S/C20H16N2O/c1-13-2-11-19-18(12-13)22-20(23-19)16-5-3-14(4-6-16)15-7-9-17(21)10-8-15/h2-12H,21H2,1H3. The third-order valence-electron chi connectivity index (χ3n) is 3.92. The van der Waals surface area contributed by atoms with E-state index < -0.39 is 0 Å². The highest BCUT2D eigenvalue weighted by Gasteiger charge is 2.08. The molecular formula is C20H16N2O. The summed E-state index contributed by atoms with van der Waals surface area (Å²) < 4.78 is 5.84. The van der Waals surface area contributed by atoms with E-state index in [0.29, 0.717) is 5.89 Å². The molecule has 0 radical (unpaired) electrons. The predicted octanol–water partition coefficient (Wildman–Crippen LogP) is 5.05. The van der Waals surface area contributed by atoms with Crippen LogP contribution in [0.1, 0.15) is 5.56 Å². The van der Waals surface area contributed by atoms with Crippen molar-refractivity contribution in [2.24, 2.45) is 0 Å². The van der Waals surface area contributed by atoms with Crippen molar-refractivity contribution in [2.45, 2.75) is 6.92 Å². The zero-order chi connectivity index (χ0) is 15.8. The van der Waals surface area contributed by atoms with Gasteiger partial charge in [-0.15, -0.1) is 0 Å². The summed E-state index contributed by atoms with van der Waals surface area (Å²) in [5, 5.41) is 0. The van der Waals surface area contributed by atoms with Gasteiger partial charge in [0, 0.05) is 11.3 Å². The Hall–Kier alpha value is -3.07. The number of hydrogen-bond donors (Lipinski definition) is 1. The van der Waals surface area contributed by atoms with Gasteiger partial charge < -0.3 is 10.2 Å². The van der Waals surface area contributed by atoms with Crippen molar-refractivity contribution in [3.05, 3.63) is 72.3 Å². The lowest BCUT2D eigenvalue weighted by Crippen LogP contribution is -1.84. The number of aromatic nitrogens is 1. The maximum Gasteiger partial charge on any atom is 0.227 e. The second-order valence-electron chi connectivity index (χ2n) is 5.69. The van der Waals surface area contributed by atoms with E-state index in [2.05, 4.69) is 24.0 Å². The number of hydrogen-bond acceptors (Lipinski definition) is 3. The SMILES string of the molecule is Cc1ccc2oc(-c3ccc(-c4ccc(N)cc4)cc3)nc2c1. The minimum atomic E-state index is 0.648. The van der Waals surface area contributed by atoms with Crippen molar-refractivity contribution < 1.29 is 4.42 Å². The van der Waals surface area contributed by atoms with E-state index in [9.17, 15) is 0 Å². The van der Waals surface area contributed by atoms with E-state index in [-0.39, 0.29) is 0 Å². The summed E-state index contributed by atoms with van der Waals surface area (Å²) in [4.78, 5) is 4.57. The largest absolute Gasteiger partial charge is 0.436 e. The van der Waals surface area contributed by atoms with E-state index in [1.807, 2.05) is 54.6 Å². The van der Waals surface area contributed by atoms with Gasteiger partial charge in [-0.1, -0.05) is 30.3 Å². The van der Waals surface area contributed by atoms with Crippen LogP contribution in [-0.2, 0) is 0 Å². The van der Waals surface area contributed by atoms with Gasteiger partial charge in [-0.25, -0.2) is 4.98 Å². The number of nitrogen functional groups attached to an aromatic ring is 1. The van der Waals surface area contributed by atoms with E-state index in [1.165, 1.54) is 5.56 Å². The number of nitrogens with zero attached hydrogens (tertiary/aromatic N) is 1. The molecule has 0 aliphatic heterocycles. The Labute approximate surface area is 134 Å². The highest BCUT2D eigenvalue weighted by atomic mass is 16.3. The Balaban J connectivity index is 1.70. The van der Waals surface area contributed by atoms with Gasteiger partial charge >= 0.3 is 0 Å². The fourth-order valence-corrected chi connectivity index (χ4v) is 2.64. The van der Waals surface area contributed by atoms with Crippen LogP contribution in [0.25, 0.3) is 33.7 Å². The van der Waals surface area contributed by atoms with Gasteiger partial charge in [0.2, 0.25) is 5.89 Å². The molecule has 0 atom stereocenters. The summed E-state index contributed by atoms with van der Waals surface area (Å²) in [5.74, 6) is 0.648. The van der Waals surface area contributed by atoms with Crippen LogP contribution in [0.3, 0.4) is 0 Å². The first kappa shape index (κ1) is 13.6. The molecule has 3 nitrogen and oxygen atoms in total. The number of rotatable bonds is 2. The fourth-order valence-electron chi connectivity index (χ4n) is 2.64. The average molecular weight is 300 g/mol. The molecule has 4 aromatic rings. The maximum atomic E-state index is 5.84. The van der Waals surface area contributed by atoms with E-state index in [1.54, 1.807) is 0 Å². The zero-order valence-electron chi connectivity index (χ0n) is 12.8. The summed E-state index contributed by atoms with van der Waals surface area (Å²) in [6.07, 6.45) is 0. The highest BCUT2D eigenvalue weighted by molar-refractivity contribution is 5.77. The molecule has 0 fully saturated rings. The van der Waals surface area contributed by atoms with Crippen molar-refractivity contribution in [3.8, 4) is 22.6 Å². The lowest BCUT2D eigenvalue weighted by atomic mass is 10.0. The van der Waals surface area contributed by atoms with Crippen LogP contribution in [-0.4, -0.2) is 4.98 Å². The molecule has 0 bridgehead atoms. The van der Waals surface area contributed by atoms with Crippen molar-refractivity contribution in [1.82, 2.24) is 4.98 Å². The second-order valence-corrected chi connectivity index (χ2v) is 5.69. The molecule has 0 saturated carbocycles. The first-order valence-corrected chi connectivity index (χ1v) is 7.52. The van der Waals surface area contributed by atoms with Crippen LogP contribution in [0.15, 0.2) is 71.1 Å². The van der Waals surface area contributed by atoms with Crippen LogP contribution in [0.2, 0.25) is 0 Å². The molecule has 0 spiro atoms. The Kier molecular flexibility index (Phi) is 3.12. The minimum Gasteiger partial charge on any atom is -0.436 e. The Morgan fingerprint density at radius 3 is 2.09 bits per heavy atom. The molecule has 0 amide bonds. The normalized spacial score (nSPS) is 11.0. The third-order valence-corrected chi connectivity index (χ3v) is 3.92. The quantitative estimate of drug-likeness (QED) is 0.527. The van der Waals surface area contributed by atoms with Gasteiger partial charge in [0.1, 0.15) is 5.52 Å². The van der Waals surface area contributed by atoms with Crippen molar-refractivity contribution in [3.63, 3.8) is 0 Å². The molecule has 23 heavy (non-hydrogen) atoms. The predicted molar refractivity (Wildman–Crippen MR) is 94.0 cm³/mol. The molecule has 0 aliphatic carbocycles. The molecule has 1 aromatic heterocycles. The van der Waals surface area contributed by atoms with Crippen LogP contribution in [0.5, 0.6) is 0 Å². The number of nitrogens with two attached hydrogens (primary N) is 1. The lowest BCUT2D eigenvalue weighted by Gasteiger charge is -2.03. The van der Waals surface area contributed by atoms with Gasteiger partial charge in [0.05, 0.1) is 0 Å². The summed E-state index contributed by atoms with van der Waals surface area (Å²) in [7, 11) is 0. The Morgan fingerprint density at radius 1 is 0.783 bits per heavy atom. The van der Waals surface area contributed by atoms with Crippen LogP contribution in [0.4, 0.5) is 5.69 Å². The molecule has 2 N–H and O–H groups in total. The molecule has 1 heterocycles. The Morgan fingerprint density at radius 2 is 1.39 bits per heavy atom. The lowest BCUT2D eigenvalue weighted by molar-refractivity contribution is 0.620. The molecule has 112 valence electrons. The summed E-state index contributed by atoms with van der Waals surface area (Å²) in [5.41, 5.74) is 12.6. The molecule has 0 unspecified atom stereocenters. The van der Waals surface area contributed by atoms with Gasteiger partial charge in [-0.05, 0) is 60.0 Å². The number of anilines is 1. The van der Waals surface area contributed by atoms with E-state index >= 15 is 0 Å². The topological polar surface area (TPSA) is 52.0 Å². The first-order chi connectivity index (χ1) is 11.2. The smallest absolute Gasteiger partial charge is 0.227 e. The molecule has 0 saturated heterocycles. The van der Waals surface area contributed by atoms with Crippen molar-refractivity contribution in [2.75, 3.05) is 5.73 Å². The van der Waals surface area contributed by atoms with Crippen molar-refractivity contribution in [1.29, 1.82) is 0 Å². The Bertz CT molecular complexity index is 967. The van der Waals surface area contributed by atoms with Crippen LogP contribution in [0, 0.1) is 6.92 Å². The zero-order valence-corrected chi connectivity index (χ0v) is 12.8. The third kappa shape index (κ3) is 2.57. The summed E-state index contributed by atoms with van der Waals surface area (Å²) in [6.45, 7) is 2.05. The highest BCUT2D eigenvalue weighted by Crippen LogP contribution is 2.27. The summed E-state index contributed by atoms with van der Waals surface area (Å²) >= 11 is 0. The van der Waals surface area contributed by atoms with Gasteiger partial charge in [0.15, 0.2) is 5.58 Å². The second kappa shape index (κ2) is 5.29. The van der Waals surface area contributed by atoms with Gasteiger partial charge in [-0.2, -0.15) is 0 Å².